The molecular formula is C21H18BrN3OS. The number of para-hydroxylation sites is 1. The van der Waals surface area contributed by atoms with E-state index in [1.165, 1.54) is 4.88 Å². The molecule has 6 heteroatoms. The number of aromatic nitrogens is 2. The Hall–Kier alpha value is -2.44. The number of thiophene rings is 1. The van der Waals surface area contributed by atoms with Crippen molar-refractivity contribution in [2.24, 2.45) is 0 Å². The van der Waals surface area contributed by atoms with Crippen molar-refractivity contribution in [2.45, 2.75) is 13.8 Å². The average molecular weight is 440 g/mol. The molecule has 0 unspecified atom stereocenters. The van der Waals surface area contributed by atoms with Gasteiger partial charge in [-0.3, -0.25) is 0 Å². The Morgan fingerprint density at radius 3 is 2.59 bits per heavy atom. The molecule has 0 fully saturated rings. The molecule has 0 aliphatic carbocycles. The van der Waals surface area contributed by atoms with Crippen LogP contribution in [0.4, 0.5) is 11.5 Å². The van der Waals surface area contributed by atoms with Gasteiger partial charge < -0.3 is 10.1 Å². The lowest BCUT2D eigenvalue weighted by Gasteiger charge is -2.11. The quantitative estimate of drug-likeness (QED) is 0.381. The highest BCUT2D eigenvalue weighted by Crippen LogP contribution is 2.41. The molecule has 4 aromatic rings. The average Bonchev–Trinajstić information content (AvgIpc) is 3.01. The molecule has 0 saturated carbocycles. The number of fused-ring (bicyclic) bond motifs is 1. The van der Waals surface area contributed by atoms with Gasteiger partial charge in [-0.15, -0.1) is 11.3 Å². The highest BCUT2D eigenvalue weighted by molar-refractivity contribution is 9.10. The van der Waals surface area contributed by atoms with Gasteiger partial charge >= 0.3 is 0 Å². The van der Waals surface area contributed by atoms with Gasteiger partial charge in [-0.2, -0.15) is 0 Å². The summed E-state index contributed by atoms with van der Waals surface area (Å²) in [6.07, 6.45) is 1.61. The van der Waals surface area contributed by atoms with Crippen LogP contribution in [0.1, 0.15) is 11.8 Å². The normalized spacial score (nSPS) is 10.9. The third-order valence-corrected chi connectivity index (χ3v) is 5.95. The van der Waals surface area contributed by atoms with Gasteiger partial charge in [0.15, 0.2) is 0 Å². The molecule has 2 aromatic heterocycles. The van der Waals surface area contributed by atoms with E-state index in [9.17, 15) is 0 Å². The van der Waals surface area contributed by atoms with Crippen molar-refractivity contribution in [3.05, 3.63) is 64.2 Å². The molecule has 0 bridgehead atoms. The van der Waals surface area contributed by atoms with Crippen LogP contribution < -0.4 is 10.1 Å². The largest absolute Gasteiger partial charge is 0.494 e. The SMILES string of the molecule is CCOc1ccc(-c2c(C)sc3ncnc(Nc4ccccc4Br)c23)cc1. The van der Waals surface area contributed by atoms with Crippen molar-refractivity contribution >= 4 is 49.0 Å². The molecule has 0 atom stereocenters. The summed E-state index contributed by atoms with van der Waals surface area (Å²) in [5.74, 6) is 1.68. The van der Waals surface area contributed by atoms with Crippen LogP contribution in [0.25, 0.3) is 21.3 Å². The van der Waals surface area contributed by atoms with Gasteiger partial charge in [0.25, 0.3) is 0 Å². The first kappa shape index (κ1) is 17.9. The predicted molar refractivity (Wildman–Crippen MR) is 116 cm³/mol. The van der Waals surface area contributed by atoms with Crippen LogP contribution in [0.3, 0.4) is 0 Å². The van der Waals surface area contributed by atoms with Crippen molar-refractivity contribution < 1.29 is 4.74 Å². The van der Waals surface area contributed by atoms with E-state index in [1.807, 2.05) is 43.3 Å². The number of benzene rings is 2. The number of ether oxygens (including phenoxy) is 1. The Kier molecular flexibility index (Phi) is 5.09. The van der Waals surface area contributed by atoms with Crippen LogP contribution >= 0.6 is 27.3 Å². The highest BCUT2D eigenvalue weighted by atomic mass is 79.9. The fraction of sp³-hybridized carbons (Fsp3) is 0.143. The molecule has 4 rings (SSSR count). The smallest absolute Gasteiger partial charge is 0.143 e. The number of anilines is 2. The first-order chi connectivity index (χ1) is 13.2. The number of rotatable bonds is 5. The molecule has 136 valence electrons. The van der Waals surface area contributed by atoms with Crippen molar-refractivity contribution in [1.29, 1.82) is 0 Å². The molecule has 2 aromatic carbocycles. The van der Waals surface area contributed by atoms with Gasteiger partial charge in [0.1, 0.15) is 22.7 Å². The van der Waals surface area contributed by atoms with Crippen molar-refractivity contribution in [1.82, 2.24) is 9.97 Å². The third kappa shape index (κ3) is 3.55. The Morgan fingerprint density at radius 2 is 1.85 bits per heavy atom. The van der Waals surface area contributed by atoms with E-state index in [0.29, 0.717) is 6.61 Å². The fourth-order valence-electron chi connectivity index (χ4n) is 3.06. The molecule has 0 amide bonds. The number of nitrogens with zero attached hydrogens (tertiary/aromatic N) is 2. The minimum atomic E-state index is 0.660. The van der Waals surface area contributed by atoms with Gasteiger partial charge in [-0.1, -0.05) is 24.3 Å². The minimum Gasteiger partial charge on any atom is -0.494 e. The van der Waals surface area contributed by atoms with Crippen molar-refractivity contribution in [3.8, 4) is 16.9 Å². The van der Waals surface area contributed by atoms with Gasteiger partial charge in [-0.25, -0.2) is 9.97 Å². The van der Waals surface area contributed by atoms with Crippen molar-refractivity contribution in [3.63, 3.8) is 0 Å². The zero-order valence-corrected chi connectivity index (χ0v) is 17.4. The summed E-state index contributed by atoms with van der Waals surface area (Å²) in [6, 6.07) is 16.2. The van der Waals surface area contributed by atoms with E-state index in [4.69, 9.17) is 4.74 Å². The maximum Gasteiger partial charge on any atom is 0.143 e. The number of hydrogen-bond acceptors (Lipinski definition) is 5. The molecule has 1 N–H and O–H groups in total. The molecule has 0 radical (unpaired) electrons. The van der Waals surface area contributed by atoms with Gasteiger partial charge in [-0.05, 0) is 59.6 Å². The summed E-state index contributed by atoms with van der Waals surface area (Å²) in [5, 5.41) is 4.50. The van der Waals surface area contributed by atoms with E-state index >= 15 is 0 Å². The maximum absolute atomic E-state index is 5.57. The van der Waals surface area contributed by atoms with E-state index < -0.39 is 0 Å². The topological polar surface area (TPSA) is 47.0 Å². The standard InChI is InChI=1S/C21H18BrN3OS/c1-3-26-15-10-8-14(9-11-15)18-13(2)27-21-19(18)20(23-12-24-21)25-17-7-5-4-6-16(17)22/h4-12H,3H2,1-2H3,(H,23,24,25). The minimum absolute atomic E-state index is 0.660. The first-order valence-electron chi connectivity index (χ1n) is 8.66. The van der Waals surface area contributed by atoms with Crippen LogP contribution in [0.2, 0.25) is 0 Å². The van der Waals surface area contributed by atoms with E-state index in [0.717, 1.165) is 43.1 Å². The second-order valence-electron chi connectivity index (χ2n) is 6.00. The number of aryl methyl sites for hydroxylation is 1. The lowest BCUT2D eigenvalue weighted by atomic mass is 10.0. The number of nitrogens with one attached hydrogen (secondary N) is 1. The second-order valence-corrected chi connectivity index (χ2v) is 8.06. The van der Waals surface area contributed by atoms with Gasteiger partial charge in [0.05, 0.1) is 17.7 Å². The molecule has 27 heavy (non-hydrogen) atoms. The van der Waals surface area contributed by atoms with E-state index in [1.54, 1.807) is 17.7 Å². The Morgan fingerprint density at radius 1 is 1.07 bits per heavy atom. The molecule has 0 saturated heterocycles. The Balaban J connectivity index is 1.84. The lowest BCUT2D eigenvalue weighted by molar-refractivity contribution is 0.340. The van der Waals surface area contributed by atoms with E-state index in [-0.39, 0.29) is 0 Å². The number of hydrogen-bond donors (Lipinski definition) is 1. The van der Waals surface area contributed by atoms with Gasteiger partial charge in [0.2, 0.25) is 0 Å². The summed E-state index contributed by atoms with van der Waals surface area (Å²) < 4.78 is 6.56. The first-order valence-corrected chi connectivity index (χ1v) is 10.3. The summed E-state index contributed by atoms with van der Waals surface area (Å²) in [5.41, 5.74) is 3.26. The summed E-state index contributed by atoms with van der Waals surface area (Å²) >= 11 is 5.27. The zero-order valence-electron chi connectivity index (χ0n) is 15.0. The number of halogens is 1. The monoisotopic (exact) mass is 439 g/mol. The third-order valence-electron chi connectivity index (χ3n) is 4.25. The van der Waals surface area contributed by atoms with Crippen molar-refractivity contribution in [2.75, 3.05) is 11.9 Å². The molecule has 0 spiro atoms. The van der Waals surface area contributed by atoms with Crippen LogP contribution in [0, 0.1) is 6.92 Å². The highest BCUT2D eigenvalue weighted by Gasteiger charge is 2.17. The van der Waals surface area contributed by atoms with E-state index in [2.05, 4.69) is 50.3 Å². The van der Waals surface area contributed by atoms with Crippen LogP contribution in [-0.4, -0.2) is 16.6 Å². The molecule has 2 heterocycles. The second kappa shape index (κ2) is 7.66. The van der Waals surface area contributed by atoms with Crippen LogP contribution in [0.15, 0.2) is 59.3 Å². The van der Waals surface area contributed by atoms with Crippen LogP contribution in [-0.2, 0) is 0 Å². The summed E-state index contributed by atoms with van der Waals surface area (Å²) in [7, 11) is 0. The Labute approximate surface area is 170 Å². The maximum atomic E-state index is 5.57. The molecule has 0 aliphatic rings. The summed E-state index contributed by atoms with van der Waals surface area (Å²) in [4.78, 5) is 11.2. The molecule has 0 aliphatic heterocycles. The van der Waals surface area contributed by atoms with Gasteiger partial charge in [0, 0.05) is 14.9 Å². The zero-order chi connectivity index (χ0) is 18.8. The lowest BCUT2D eigenvalue weighted by Crippen LogP contribution is -1.96. The fourth-order valence-corrected chi connectivity index (χ4v) is 4.46. The van der Waals surface area contributed by atoms with Crippen LogP contribution in [0.5, 0.6) is 5.75 Å². The summed E-state index contributed by atoms with van der Waals surface area (Å²) in [6.45, 7) is 4.77. The Bertz CT molecular complexity index is 1090. The predicted octanol–water partition coefficient (Wildman–Crippen LogP) is 6.57. The molecular weight excluding hydrogens is 422 g/mol. The molecule has 4 nitrogen and oxygen atoms in total.